The van der Waals surface area contributed by atoms with Crippen molar-refractivity contribution in [1.82, 2.24) is 0 Å². The van der Waals surface area contributed by atoms with E-state index in [-0.39, 0.29) is 11.5 Å². The minimum Gasteiger partial charge on any atom is -0.323 e. The quantitative estimate of drug-likeness (QED) is 0.297. The second-order valence-electron chi connectivity index (χ2n) is 6.54. The normalized spacial score (nSPS) is 12.3. The first-order valence-corrected chi connectivity index (χ1v) is 10.3. The van der Waals surface area contributed by atoms with Crippen LogP contribution in [0.5, 0.6) is 0 Å². The van der Waals surface area contributed by atoms with Crippen LogP contribution < -0.4 is 0 Å². The Labute approximate surface area is 142 Å². The molecule has 0 aromatic rings. The Kier molecular flexibility index (Phi) is 10.6. The van der Waals surface area contributed by atoms with Gasteiger partial charge in [-0.25, -0.2) is 0 Å². The summed E-state index contributed by atoms with van der Waals surface area (Å²) < 4.78 is 31.7. The number of nitrogens with zero attached hydrogens (tertiary/aromatic N) is 1. The summed E-state index contributed by atoms with van der Waals surface area (Å²) in [6.07, 6.45) is 5.12. The second kappa shape index (κ2) is 10.9. The lowest BCUT2D eigenvalue weighted by molar-refractivity contribution is -0.928. The van der Waals surface area contributed by atoms with Crippen molar-refractivity contribution in [2.45, 2.75) is 59.3 Å². The van der Waals surface area contributed by atoms with Gasteiger partial charge >= 0.3 is 0 Å². The van der Waals surface area contributed by atoms with Gasteiger partial charge in [0.15, 0.2) is 5.78 Å². The summed E-state index contributed by atoms with van der Waals surface area (Å²) in [5.74, 6) is -0.130. The van der Waals surface area contributed by atoms with Crippen LogP contribution in [0.3, 0.4) is 0 Å². The maximum Gasteiger partial charge on any atom is 0.265 e. The highest BCUT2D eigenvalue weighted by Gasteiger charge is 2.27. The minimum atomic E-state index is -3.92. The summed E-state index contributed by atoms with van der Waals surface area (Å²) in [4.78, 5) is 11.9. The van der Waals surface area contributed by atoms with Crippen molar-refractivity contribution in [2.24, 2.45) is 0 Å². The number of hydrogen-bond donors (Lipinski definition) is 1. The van der Waals surface area contributed by atoms with E-state index in [0.717, 1.165) is 49.8 Å². The van der Waals surface area contributed by atoms with Gasteiger partial charge in [0.1, 0.15) is 0 Å². The van der Waals surface area contributed by atoms with E-state index in [1.807, 2.05) is 0 Å². The summed E-state index contributed by atoms with van der Waals surface area (Å²) in [5.41, 5.74) is 0.576. The summed E-state index contributed by atoms with van der Waals surface area (Å²) in [6.45, 7) is 13.0. The van der Waals surface area contributed by atoms with Crippen LogP contribution in [0.25, 0.3) is 0 Å². The molecule has 0 atom stereocenters. The highest BCUT2D eigenvalue weighted by Crippen LogP contribution is 2.16. The molecule has 0 radical (unpaired) electrons. The lowest BCUT2D eigenvalue weighted by atomic mass is 10.1. The third-order valence-corrected chi connectivity index (χ3v) is 5.10. The van der Waals surface area contributed by atoms with Gasteiger partial charge in [-0.3, -0.25) is 9.35 Å². The van der Waals surface area contributed by atoms with Gasteiger partial charge in [0.2, 0.25) is 0 Å². The van der Waals surface area contributed by atoms with Gasteiger partial charge in [0.05, 0.1) is 38.4 Å². The molecule has 0 aliphatic carbocycles. The summed E-state index contributed by atoms with van der Waals surface area (Å²) in [6, 6.07) is 0. The van der Waals surface area contributed by atoms with Crippen molar-refractivity contribution in [1.29, 1.82) is 0 Å². The van der Waals surface area contributed by atoms with Crippen molar-refractivity contribution in [2.75, 3.05) is 31.9 Å². The maximum atomic E-state index is 11.9. The third kappa shape index (κ3) is 10.6. The average molecular weight is 349 g/mol. The first-order chi connectivity index (χ1) is 10.7. The number of quaternary nitrogens is 1. The van der Waals surface area contributed by atoms with Crippen LogP contribution in [0.4, 0.5) is 0 Å². The number of allylic oxidation sites excluding steroid dienone is 1. The molecule has 0 amide bonds. The van der Waals surface area contributed by atoms with Gasteiger partial charge < -0.3 is 4.48 Å². The van der Waals surface area contributed by atoms with Crippen LogP contribution in [-0.2, 0) is 14.9 Å². The van der Waals surface area contributed by atoms with Crippen LogP contribution in [0.1, 0.15) is 59.3 Å². The molecule has 0 aromatic carbocycles. The number of carbonyl (C=O) groups is 1. The Hall–Kier alpha value is -0.720. The molecule has 0 aliphatic rings. The van der Waals surface area contributed by atoms with Gasteiger partial charge in [-0.05, 0) is 25.3 Å². The Balaban J connectivity index is 4.98. The molecule has 5 nitrogen and oxygen atoms in total. The molecule has 0 heterocycles. The number of rotatable bonds is 14. The Bertz CT molecular complexity index is 463. The zero-order chi connectivity index (χ0) is 17.9. The lowest BCUT2D eigenvalue weighted by Gasteiger charge is -2.39. The van der Waals surface area contributed by atoms with Gasteiger partial charge in [-0.2, -0.15) is 8.42 Å². The zero-order valence-electron chi connectivity index (χ0n) is 15.0. The molecule has 23 heavy (non-hydrogen) atoms. The molecule has 0 aliphatic heterocycles. The van der Waals surface area contributed by atoms with Crippen LogP contribution in [0, 0.1) is 0 Å². The number of Topliss-reactive ketones (excluding diaryl/α,β-unsaturated/α-hetero) is 1. The Morgan fingerprint density at radius 2 is 1.48 bits per heavy atom. The van der Waals surface area contributed by atoms with E-state index >= 15 is 0 Å². The van der Waals surface area contributed by atoms with Gasteiger partial charge in [-0.15, -0.1) is 0 Å². The van der Waals surface area contributed by atoms with Crippen molar-refractivity contribution in [3.63, 3.8) is 0 Å². The first kappa shape index (κ1) is 22.3. The molecule has 0 unspecified atom stereocenters. The molecule has 0 saturated carbocycles. The van der Waals surface area contributed by atoms with Crippen LogP contribution in [-0.4, -0.2) is 55.2 Å². The molecule has 0 rings (SSSR count). The molecule has 0 fully saturated rings. The monoisotopic (exact) mass is 348 g/mol. The number of carbonyl (C=O) groups excluding carboxylic acids is 1. The topological polar surface area (TPSA) is 71.4 Å². The van der Waals surface area contributed by atoms with E-state index in [4.69, 9.17) is 4.55 Å². The van der Waals surface area contributed by atoms with Gasteiger partial charge in [0, 0.05) is 6.42 Å². The SMILES string of the molecule is C=C(C)C(=O)CC[N+](CCCC)(CCCC)CCCS(=O)(=O)O. The smallest absolute Gasteiger partial charge is 0.265 e. The summed E-state index contributed by atoms with van der Waals surface area (Å²) in [7, 11) is -3.92. The van der Waals surface area contributed by atoms with E-state index in [0.29, 0.717) is 25.0 Å². The minimum absolute atomic E-state index is 0.0790. The Morgan fingerprint density at radius 1 is 1.00 bits per heavy atom. The highest BCUT2D eigenvalue weighted by molar-refractivity contribution is 7.85. The second-order valence-corrected chi connectivity index (χ2v) is 8.11. The highest BCUT2D eigenvalue weighted by atomic mass is 32.2. The average Bonchev–Trinajstić information content (AvgIpc) is 2.46. The van der Waals surface area contributed by atoms with Gasteiger partial charge in [0.25, 0.3) is 10.1 Å². The molecule has 1 N–H and O–H groups in total. The maximum absolute atomic E-state index is 11.9. The van der Waals surface area contributed by atoms with E-state index in [2.05, 4.69) is 20.4 Å². The predicted molar refractivity (Wildman–Crippen MR) is 95.0 cm³/mol. The van der Waals surface area contributed by atoms with Crippen LogP contribution in [0.2, 0.25) is 0 Å². The fourth-order valence-electron chi connectivity index (χ4n) is 2.79. The molecule has 0 aromatic heterocycles. The fraction of sp³-hybridized carbons (Fsp3) is 0.824. The zero-order valence-corrected chi connectivity index (χ0v) is 15.8. The largest absolute Gasteiger partial charge is 0.323 e. The van der Waals surface area contributed by atoms with E-state index < -0.39 is 10.1 Å². The molecular formula is C17H34NO4S+. The van der Waals surface area contributed by atoms with Crippen molar-refractivity contribution < 1.29 is 22.2 Å². The molecule has 0 spiro atoms. The van der Waals surface area contributed by atoms with Crippen molar-refractivity contribution >= 4 is 15.9 Å². The van der Waals surface area contributed by atoms with E-state index in [1.54, 1.807) is 6.92 Å². The number of ketones is 1. The molecule has 6 heteroatoms. The number of unbranched alkanes of at least 4 members (excludes halogenated alkanes) is 2. The third-order valence-electron chi connectivity index (χ3n) is 4.30. The summed E-state index contributed by atoms with van der Waals surface area (Å²) >= 11 is 0. The molecule has 0 bridgehead atoms. The van der Waals surface area contributed by atoms with Crippen LogP contribution >= 0.6 is 0 Å². The molecule has 136 valence electrons. The fourth-order valence-corrected chi connectivity index (χ4v) is 3.29. The van der Waals surface area contributed by atoms with Gasteiger partial charge in [-0.1, -0.05) is 33.3 Å². The van der Waals surface area contributed by atoms with Crippen molar-refractivity contribution in [3.05, 3.63) is 12.2 Å². The Morgan fingerprint density at radius 3 is 1.87 bits per heavy atom. The standard InChI is InChI=1S/C17H33NO4S/c1-5-7-11-18(12-8-6-2,13-9-15-23(20,21)22)14-10-17(19)16(3)4/h3,5-15H2,1-2,4H3/p+1. The van der Waals surface area contributed by atoms with Crippen molar-refractivity contribution in [3.8, 4) is 0 Å². The van der Waals surface area contributed by atoms with E-state index in [1.165, 1.54) is 0 Å². The summed E-state index contributed by atoms with van der Waals surface area (Å²) in [5, 5.41) is 0. The lowest BCUT2D eigenvalue weighted by Crippen LogP contribution is -2.51. The number of hydrogen-bond acceptors (Lipinski definition) is 3. The molecule has 0 saturated heterocycles. The first-order valence-electron chi connectivity index (χ1n) is 8.64. The molecular weight excluding hydrogens is 314 g/mol. The van der Waals surface area contributed by atoms with Crippen LogP contribution in [0.15, 0.2) is 12.2 Å². The predicted octanol–water partition coefficient (Wildman–Crippen LogP) is 3.22. The van der Waals surface area contributed by atoms with E-state index in [9.17, 15) is 13.2 Å².